The van der Waals surface area contributed by atoms with Gasteiger partial charge in [0.2, 0.25) is 0 Å². The van der Waals surface area contributed by atoms with Crippen molar-refractivity contribution in [3.8, 4) is 0 Å². The number of hydrogen-bond acceptors (Lipinski definition) is 2. The number of carboxylic acids is 1. The number of benzene rings is 1. The first-order valence-electron chi connectivity index (χ1n) is 5.99. The molecule has 1 atom stereocenters. The van der Waals surface area contributed by atoms with Gasteiger partial charge in [-0.3, -0.25) is 0 Å². The van der Waals surface area contributed by atoms with Gasteiger partial charge in [-0.15, -0.1) is 0 Å². The van der Waals surface area contributed by atoms with Gasteiger partial charge in [0.1, 0.15) is 5.82 Å². The van der Waals surface area contributed by atoms with Crippen LogP contribution in [0.2, 0.25) is 0 Å². The van der Waals surface area contributed by atoms with Crippen LogP contribution in [0.15, 0.2) is 36.5 Å². The first-order chi connectivity index (χ1) is 8.63. The number of hydrogen-bond donors (Lipinski definition) is 1. The molecule has 0 aliphatic rings. The molecule has 1 aromatic heterocycles. The molecule has 4 nitrogen and oxygen atoms in total. The molecule has 0 aliphatic heterocycles. The van der Waals surface area contributed by atoms with Crippen molar-refractivity contribution in [3.05, 3.63) is 53.6 Å². The van der Waals surface area contributed by atoms with Gasteiger partial charge in [0.15, 0.2) is 5.69 Å². The summed E-state index contributed by atoms with van der Waals surface area (Å²) in [7, 11) is 0. The van der Waals surface area contributed by atoms with Gasteiger partial charge in [-0.25, -0.2) is 9.78 Å². The largest absolute Gasteiger partial charge is 0.476 e. The van der Waals surface area contributed by atoms with Gasteiger partial charge in [-0.1, -0.05) is 37.3 Å². The van der Waals surface area contributed by atoms with Crippen molar-refractivity contribution in [2.75, 3.05) is 0 Å². The van der Waals surface area contributed by atoms with E-state index < -0.39 is 5.97 Å². The van der Waals surface area contributed by atoms with Crippen LogP contribution in [0.1, 0.15) is 41.8 Å². The lowest BCUT2D eigenvalue weighted by atomic mass is 10.1. The highest BCUT2D eigenvalue weighted by atomic mass is 16.4. The standard InChI is InChI=1S/C14H16N2O2/c1-3-13-15-12(14(17)18)9-16(13)10(2)11-7-5-4-6-8-11/h4-10H,3H2,1-2H3,(H,17,18)/t10-/m1/s1. The van der Waals surface area contributed by atoms with Crippen molar-refractivity contribution in [2.24, 2.45) is 0 Å². The van der Waals surface area contributed by atoms with Crippen LogP contribution in [0.4, 0.5) is 0 Å². The molecule has 0 saturated carbocycles. The molecule has 1 aromatic carbocycles. The van der Waals surface area contributed by atoms with E-state index in [0.717, 1.165) is 11.4 Å². The van der Waals surface area contributed by atoms with Crippen molar-refractivity contribution in [3.63, 3.8) is 0 Å². The van der Waals surface area contributed by atoms with E-state index in [0.29, 0.717) is 6.42 Å². The maximum absolute atomic E-state index is 11.0. The monoisotopic (exact) mass is 244 g/mol. The van der Waals surface area contributed by atoms with Gasteiger partial charge in [0.05, 0.1) is 6.04 Å². The van der Waals surface area contributed by atoms with Crippen LogP contribution in [-0.2, 0) is 6.42 Å². The number of aromatic carboxylic acids is 1. The number of carboxylic acid groups (broad SMARTS) is 1. The van der Waals surface area contributed by atoms with E-state index in [1.165, 1.54) is 0 Å². The minimum absolute atomic E-state index is 0.0850. The lowest BCUT2D eigenvalue weighted by Crippen LogP contribution is -2.09. The summed E-state index contributed by atoms with van der Waals surface area (Å²) in [5, 5.41) is 8.99. The Morgan fingerprint density at radius 3 is 2.61 bits per heavy atom. The molecule has 0 amide bonds. The summed E-state index contributed by atoms with van der Waals surface area (Å²) in [6.45, 7) is 4.02. The van der Waals surface area contributed by atoms with Crippen LogP contribution in [0.5, 0.6) is 0 Å². The van der Waals surface area contributed by atoms with Crippen LogP contribution < -0.4 is 0 Å². The molecule has 94 valence electrons. The third-order valence-corrected chi connectivity index (χ3v) is 3.04. The molecule has 0 spiro atoms. The Bertz CT molecular complexity index is 546. The van der Waals surface area contributed by atoms with E-state index in [-0.39, 0.29) is 11.7 Å². The Morgan fingerprint density at radius 2 is 2.06 bits per heavy atom. The normalized spacial score (nSPS) is 12.3. The Hall–Kier alpha value is -2.10. The smallest absolute Gasteiger partial charge is 0.356 e. The van der Waals surface area contributed by atoms with Gasteiger partial charge in [-0.05, 0) is 12.5 Å². The molecule has 2 aromatic rings. The maximum atomic E-state index is 11.0. The molecule has 0 fully saturated rings. The first kappa shape index (κ1) is 12.4. The number of imidazole rings is 1. The van der Waals surface area contributed by atoms with Gasteiger partial charge in [0.25, 0.3) is 0 Å². The molecule has 0 bridgehead atoms. The quantitative estimate of drug-likeness (QED) is 0.899. The topological polar surface area (TPSA) is 55.1 Å². The minimum Gasteiger partial charge on any atom is -0.476 e. The van der Waals surface area contributed by atoms with Gasteiger partial charge in [-0.2, -0.15) is 0 Å². The Labute approximate surface area is 106 Å². The average molecular weight is 244 g/mol. The zero-order chi connectivity index (χ0) is 13.1. The number of nitrogens with zero attached hydrogens (tertiary/aromatic N) is 2. The van der Waals surface area contributed by atoms with E-state index >= 15 is 0 Å². The van der Waals surface area contributed by atoms with Crippen LogP contribution in [0.25, 0.3) is 0 Å². The second-order valence-corrected chi connectivity index (χ2v) is 4.20. The summed E-state index contributed by atoms with van der Waals surface area (Å²) in [6.07, 6.45) is 2.32. The van der Waals surface area contributed by atoms with Crippen LogP contribution in [0, 0.1) is 0 Å². The fourth-order valence-electron chi connectivity index (χ4n) is 2.02. The van der Waals surface area contributed by atoms with Crippen molar-refractivity contribution in [2.45, 2.75) is 26.3 Å². The molecule has 1 N–H and O–H groups in total. The van der Waals surface area contributed by atoms with Crippen molar-refractivity contribution in [1.29, 1.82) is 0 Å². The molecule has 0 unspecified atom stereocenters. The third-order valence-electron chi connectivity index (χ3n) is 3.04. The number of aromatic nitrogens is 2. The summed E-state index contributed by atoms with van der Waals surface area (Å²) in [5.74, 6) is -0.188. The predicted molar refractivity (Wildman–Crippen MR) is 68.8 cm³/mol. The zero-order valence-corrected chi connectivity index (χ0v) is 10.5. The first-order valence-corrected chi connectivity index (χ1v) is 5.99. The van der Waals surface area contributed by atoms with E-state index in [2.05, 4.69) is 4.98 Å². The van der Waals surface area contributed by atoms with E-state index in [9.17, 15) is 4.79 Å². The highest BCUT2D eigenvalue weighted by Crippen LogP contribution is 2.20. The SMILES string of the molecule is CCc1nc(C(=O)O)cn1[C@H](C)c1ccccc1. The second kappa shape index (κ2) is 5.04. The Morgan fingerprint density at radius 1 is 1.39 bits per heavy atom. The number of aryl methyl sites for hydroxylation is 1. The van der Waals surface area contributed by atoms with Crippen LogP contribution >= 0.6 is 0 Å². The van der Waals surface area contributed by atoms with Gasteiger partial charge < -0.3 is 9.67 Å². The molecule has 1 heterocycles. The van der Waals surface area contributed by atoms with Crippen molar-refractivity contribution >= 4 is 5.97 Å². The summed E-state index contributed by atoms with van der Waals surface area (Å²) >= 11 is 0. The summed E-state index contributed by atoms with van der Waals surface area (Å²) in [6, 6.07) is 10.1. The van der Waals surface area contributed by atoms with Gasteiger partial charge >= 0.3 is 5.97 Å². The summed E-state index contributed by atoms with van der Waals surface area (Å²) < 4.78 is 1.93. The fourth-order valence-corrected chi connectivity index (χ4v) is 2.02. The number of carbonyl (C=O) groups is 1. The molecular formula is C14H16N2O2. The lowest BCUT2D eigenvalue weighted by molar-refractivity contribution is 0.0691. The van der Waals surface area contributed by atoms with Gasteiger partial charge in [0, 0.05) is 12.6 Å². The maximum Gasteiger partial charge on any atom is 0.356 e. The third kappa shape index (κ3) is 2.27. The molecule has 2 rings (SSSR count). The Balaban J connectivity index is 2.41. The molecule has 0 aliphatic carbocycles. The average Bonchev–Trinajstić information content (AvgIpc) is 2.83. The lowest BCUT2D eigenvalue weighted by Gasteiger charge is -2.16. The van der Waals surface area contributed by atoms with E-state index in [4.69, 9.17) is 5.11 Å². The molecular weight excluding hydrogens is 228 g/mol. The number of rotatable bonds is 4. The molecule has 0 saturated heterocycles. The van der Waals surface area contributed by atoms with Crippen LogP contribution in [-0.4, -0.2) is 20.6 Å². The molecule has 0 radical (unpaired) electrons. The van der Waals surface area contributed by atoms with Crippen LogP contribution in [0.3, 0.4) is 0 Å². The zero-order valence-electron chi connectivity index (χ0n) is 10.5. The van der Waals surface area contributed by atoms with E-state index in [1.807, 2.05) is 48.7 Å². The fraction of sp³-hybridized carbons (Fsp3) is 0.286. The highest BCUT2D eigenvalue weighted by Gasteiger charge is 2.16. The van der Waals surface area contributed by atoms with Crippen molar-refractivity contribution in [1.82, 2.24) is 9.55 Å². The predicted octanol–water partition coefficient (Wildman–Crippen LogP) is 2.75. The molecule has 18 heavy (non-hydrogen) atoms. The highest BCUT2D eigenvalue weighted by molar-refractivity contribution is 5.85. The minimum atomic E-state index is -0.983. The second-order valence-electron chi connectivity index (χ2n) is 4.20. The molecule has 4 heteroatoms. The summed E-state index contributed by atoms with van der Waals surface area (Å²) in [5.41, 5.74) is 1.25. The van der Waals surface area contributed by atoms with E-state index in [1.54, 1.807) is 6.20 Å². The van der Waals surface area contributed by atoms with Crippen molar-refractivity contribution < 1.29 is 9.90 Å². The summed E-state index contributed by atoms with van der Waals surface area (Å²) in [4.78, 5) is 15.1. The Kier molecular flexibility index (Phi) is 3.46.